The number of likely N-dealkylation sites (tertiary alicyclic amines) is 1. The third-order valence-electron chi connectivity index (χ3n) is 6.25. The van der Waals surface area contributed by atoms with E-state index in [9.17, 15) is 0 Å². The van der Waals surface area contributed by atoms with Crippen molar-refractivity contribution >= 4 is 0 Å². The molecule has 2 fully saturated rings. The zero-order chi connectivity index (χ0) is 13.2. The largest absolute Gasteiger partial charge is 0.329 e. The molecule has 2 atom stereocenters. The fourth-order valence-corrected chi connectivity index (χ4v) is 4.33. The van der Waals surface area contributed by atoms with E-state index in [0.29, 0.717) is 11.0 Å². The minimum Gasteiger partial charge on any atom is -0.329 e. The lowest BCUT2D eigenvalue weighted by Crippen LogP contribution is -2.51. The molecule has 18 heavy (non-hydrogen) atoms. The van der Waals surface area contributed by atoms with E-state index in [0.717, 1.165) is 12.5 Å². The van der Waals surface area contributed by atoms with Crippen molar-refractivity contribution in [1.29, 1.82) is 0 Å². The topological polar surface area (TPSA) is 29.3 Å². The lowest BCUT2D eigenvalue weighted by atomic mass is 9.81. The van der Waals surface area contributed by atoms with Gasteiger partial charge in [0.2, 0.25) is 0 Å². The Morgan fingerprint density at radius 3 is 2.33 bits per heavy atom. The molecule has 0 bridgehead atoms. The van der Waals surface area contributed by atoms with Crippen LogP contribution in [0, 0.1) is 11.3 Å². The molecule has 0 spiro atoms. The molecule has 0 aromatic rings. The molecular weight excluding hydrogens is 220 g/mol. The van der Waals surface area contributed by atoms with E-state index in [1.165, 1.54) is 58.0 Å². The summed E-state index contributed by atoms with van der Waals surface area (Å²) in [6.07, 6.45) is 9.47. The maximum absolute atomic E-state index is 6.20. The lowest BCUT2D eigenvalue weighted by molar-refractivity contribution is 0.104. The number of nitrogens with zero attached hydrogens (tertiary/aromatic N) is 1. The molecule has 106 valence electrons. The molecule has 2 aliphatic rings. The third kappa shape index (κ3) is 2.34. The Balaban J connectivity index is 2.07. The molecule has 1 saturated heterocycles. The average molecular weight is 252 g/mol. The van der Waals surface area contributed by atoms with Crippen LogP contribution >= 0.6 is 0 Å². The molecule has 1 aliphatic carbocycles. The van der Waals surface area contributed by atoms with Crippen LogP contribution in [0.5, 0.6) is 0 Å². The van der Waals surface area contributed by atoms with Crippen molar-refractivity contribution in [1.82, 2.24) is 4.90 Å². The second-order valence-corrected chi connectivity index (χ2v) is 6.82. The first-order chi connectivity index (χ1) is 8.63. The van der Waals surface area contributed by atoms with Gasteiger partial charge in [0.15, 0.2) is 0 Å². The van der Waals surface area contributed by atoms with Crippen LogP contribution in [0.25, 0.3) is 0 Å². The van der Waals surface area contributed by atoms with Gasteiger partial charge in [-0.1, -0.05) is 27.2 Å². The van der Waals surface area contributed by atoms with Crippen molar-refractivity contribution in [3.05, 3.63) is 0 Å². The average Bonchev–Trinajstić information content (AvgIpc) is 3.04. The molecule has 1 aliphatic heterocycles. The van der Waals surface area contributed by atoms with Gasteiger partial charge in [-0.25, -0.2) is 0 Å². The van der Waals surface area contributed by atoms with E-state index in [4.69, 9.17) is 5.73 Å². The first kappa shape index (κ1) is 14.3. The highest BCUT2D eigenvalue weighted by Gasteiger charge is 2.47. The molecule has 2 unspecified atom stereocenters. The summed E-state index contributed by atoms with van der Waals surface area (Å²) in [6, 6.07) is 0. The van der Waals surface area contributed by atoms with E-state index in [1.54, 1.807) is 0 Å². The van der Waals surface area contributed by atoms with Crippen molar-refractivity contribution < 1.29 is 0 Å². The molecule has 2 heteroatoms. The van der Waals surface area contributed by atoms with Crippen molar-refractivity contribution in [2.45, 2.75) is 71.3 Å². The van der Waals surface area contributed by atoms with Gasteiger partial charge in [0.1, 0.15) is 0 Å². The molecular formula is C16H32N2. The predicted octanol–water partition coefficient (Wildman–Crippen LogP) is 3.41. The summed E-state index contributed by atoms with van der Waals surface area (Å²) in [5.41, 5.74) is 7.14. The van der Waals surface area contributed by atoms with Crippen LogP contribution in [0.3, 0.4) is 0 Å². The van der Waals surface area contributed by atoms with Crippen LogP contribution in [0.15, 0.2) is 0 Å². The van der Waals surface area contributed by atoms with Crippen LogP contribution < -0.4 is 5.73 Å². The number of nitrogens with two attached hydrogens (primary N) is 1. The first-order valence-corrected chi connectivity index (χ1v) is 8.09. The molecule has 0 aromatic carbocycles. The quantitative estimate of drug-likeness (QED) is 0.812. The minimum absolute atomic E-state index is 0.354. The molecule has 0 amide bonds. The standard InChI is InChI=1S/C16H32N2/c1-4-14-7-8-16(11-14,12-17)18-10-9-15(5-2,6-3)13-18/h14H,4-13,17H2,1-3H3. The van der Waals surface area contributed by atoms with Crippen molar-refractivity contribution in [3.8, 4) is 0 Å². The Bertz CT molecular complexity index is 272. The summed E-state index contributed by atoms with van der Waals surface area (Å²) >= 11 is 0. The highest BCUT2D eigenvalue weighted by Crippen LogP contribution is 2.46. The molecule has 2 nitrogen and oxygen atoms in total. The SMILES string of the molecule is CCC1CCC(CN)(N2CCC(CC)(CC)C2)C1. The number of hydrogen-bond donors (Lipinski definition) is 1. The second-order valence-electron chi connectivity index (χ2n) is 6.82. The van der Waals surface area contributed by atoms with E-state index < -0.39 is 0 Å². The van der Waals surface area contributed by atoms with Gasteiger partial charge in [-0.2, -0.15) is 0 Å². The molecule has 1 saturated carbocycles. The summed E-state index contributed by atoms with van der Waals surface area (Å²) in [4.78, 5) is 2.77. The van der Waals surface area contributed by atoms with Crippen LogP contribution in [-0.2, 0) is 0 Å². The van der Waals surface area contributed by atoms with Crippen molar-refractivity contribution in [2.24, 2.45) is 17.1 Å². The zero-order valence-corrected chi connectivity index (χ0v) is 12.7. The summed E-state index contributed by atoms with van der Waals surface area (Å²) in [5.74, 6) is 0.923. The van der Waals surface area contributed by atoms with Gasteiger partial charge >= 0.3 is 0 Å². The van der Waals surface area contributed by atoms with E-state index in [1.807, 2.05) is 0 Å². The van der Waals surface area contributed by atoms with Gasteiger partial charge in [0.25, 0.3) is 0 Å². The van der Waals surface area contributed by atoms with Gasteiger partial charge in [0.05, 0.1) is 0 Å². The van der Waals surface area contributed by atoms with Crippen molar-refractivity contribution in [2.75, 3.05) is 19.6 Å². The van der Waals surface area contributed by atoms with Gasteiger partial charge in [-0.3, -0.25) is 4.90 Å². The van der Waals surface area contributed by atoms with E-state index in [-0.39, 0.29) is 0 Å². The van der Waals surface area contributed by atoms with Gasteiger partial charge in [0, 0.05) is 18.6 Å². The maximum Gasteiger partial charge on any atom is 0.0334 e. The molecule has 2 rings (SSSR count). The predicted molar refractivity (Wildman–Crippen MR) is 78.6 cm³/mol. The summed E-state index contributed by atoms with van der Waals surface area (Å²) in [5, 5.41) is 0. The number of hydrogen-bond acceptors (Lipinski definition) is 2. The molecule has 1 heterocycles. The van der Waals surface area contributed by atoms with Gasteiger partial charge < -0.3 is 5.73 Å². The Labute approximate surface area is 113 Å². The minimum atomic E-state index is 0.354. The van der Waals surface area contributed by atoms with E-state index in [2.05, 4.69) is 25.7 Å². The summed E-state index contributed by atoms with van der Waals surface area (Å²) < 4.78 is 0. The van der Waals surface area contributed by atoms with Gasteiger partial charge in [-0.15, -0.1) is 0 Å². The Morgan fingerprint density at radius 1 is 1.17 bits per heavy atom. The fourth-order valence-electron chi connectivity index (χ4n) is 4.33. The van der Waals surface area contributed by atoms with Crippen LogP contribution in [0.1, 0.15) is 65.7 Å². The normalized spacial score (nSPS) is 36.3. The third-order valence-corrected chi connectivity index (χ3v) is 6.25. The Kier molecular flexibility index (Phi) is 4.38. The summed E-state index contributed by atoms with van der Waals surface area (Å²) in [6.45, 7) is 10.5. The van der Waals surface area contributed by atoms with Gasteiger partial charge in [-0.05, 0) is 56.4 Å². The molecule has 2 N–H and O–H groups in total. The highest BCUT2D eigenvalue weighted by molar-refractivity contribution is 5.03. The summed E-state index contributed by atoms with van der Waals surface area (Å²) in [7, 11) is 0. The fraction of sp³-hybridized carbons (Fsp3) is 1.00. The zero-order valence-electron chi connectivity index (χ0n) is 12.7. The van der Waals surface area contributed by atoms with Crippen molar-refractivity contribution in [3.63, 3.8) is 0 Å². The number of rotatable bonds is 5. The van der Waals surface area contributed by atoms with Crippen LogP contribution in [0.2, 0.25) is 0 Å². The first-order valence-electron chi connectivity index (χ1n) is 8.09. The smallest absolute Gasteiger partial charge is 0.0334 e. The Morgan fingerprint density at radius 2 is 1.89 bits per heavy atom. The Hall–Kier alpha value is -0.0800. The second kappa shape index (κ2) is 5.50. The van der Waals surface area contributed by atoms with E-state index >= 15 is 0 Å². The lowest BCUT2D eigenvalue weighted by Gasteiger charge is -2.40. The van der Waals surface area contributed by atoms with Crippen LogP contribution in [0.4, 0.5) is 0 Å². The molecule has 0 radical (unpaired) electrons. The van der Waals surface area contributed by atoms with Crippen LogP contribution in [-0.4, -0.2) is 30.1 Å². The molecule has 0 aromatic heterocycles. The monoisotopic (exact) mass is 252 g/mol. The maximum atomic E-state index is 6.20. The highest BCUT2D eigenvalue weighted by atomic mass is 15.2.